The van der Waals surface area contributed by atoms with Crippen LogP contribution in [0.5, 0.6) is 17.2 Å². The Morgan fingerprint density at radius 3 is 2.18 bits per heavy atom. The zero-order valence-electron chi connectivity index (χ0n) is 16.5. The third-order valence-electron chi connectivity index (χ3n) is 5.96. The highest BCUT2D eigenvalue weighted by molar-refractivity contribution is 6.12. The summed E-state index contributed by atoms with van der Waals surface area (Å²) in [6.45, 7) is 0. The standard InChI is InChI=1S/C22H25NO5/c1-26-17-10-12(11-18(27-2)22(17)28-3)19-20-13(6-4-8-15(20)24)23-14-7-5-9-16(25)21(14)19/h10-11,19-20H,4-9H2,1-3H3. The molecule has 4 rings (SSSR count). The second kappa shape index (κ2) is 7.41. The second-order valence-corrected chi connectivity index (χ2v) is 7.47. The van der Waals surface area contributed by atoms with Gasteiger partial charge in [0, 0.05) is 35.7 Å². The van der Waals surface area contributed by atoms with Crippen molar-refractivity contribution in [1.29, 1.82) is 0 Å². The van der Waals surface area contributed by atoms with Crippen molar-refractivity contribution >= 4 is 17.3 Å². The number of aliphatic imine (C=N–C) groups is 1. The first-order valence-electron chi connectivity index (χ1n) is 9.75. The van der Waals surface area contributed by atoms with Crippen LogP contribution in [-0.2, 0) is 9.59 Å². The number of ketones is 2. The van der Waals surface area contributed by atoms with E-state index in [4.69, 9.17) is 19.2 Å². The van der Waals surface area contributed by atoms with E-state index in [1.165, 1.54) is 0 Å². The second-order valence-electron chi connectivity index (χ2n) is 7.47. The monoisotopic (exact) mass is 383 g/mol. The van der Waals surface area contributed by atoms with Crippen LogP contribution in [0.2, 0.25) is 0 Å². The van der Waals surface area contributed by atoms with Gasteiger partial charge < -0.3 is 14.2 Å². The first kappa shape index (κ1) is 18.7. The lowest BCUT2D eigenvalue weighted by Crippen LogP contribution is -2.39. The van der Waals surface area contributed by atoms with Crippen LogP contribution in [0.25, 0.3) is 0 Å². The fraction of sp³-hybridized carbons (Fsp3) is 0.500. The van der Waals surface area contributed by atoms with Gasteiger partial charge in [-0.2, -0.15) is 0 Å². The van der Waals surface area contributed by atoms with E-state index in [2.05, 4.69) is 0 Å². The number of hydrogen-bond donors (Lipinski definition) is 0. The van der Waals surface area contributed by atoms with Gasteiger partial charge in [0.15, 0.2) is 17.3 Å². The van der Waals surface area contributed by atoms with Gasteiger partial charge in [0.2, 0.25) is 5.75 Å². The topological polar surface area (TPSA) is 74.2 Å². The zero-order chi connectivity index (χ0) is 19.8. The lowest BCUT2D eigenvalue weighted by molar-refractivity contribution is -0.122. The van der Waals surface area contributed by atoms with Crippen LogP contribution in [0.1, 0.15) is 50.0 Å². The highest BCUT2D eigenvalue weighted by Crippen LogP contribution is 2.49. The van der Waals surface area contributed by atoms with E-state index >= 15 is 0 Å². The molecule has 0 aromatic heterocycles. The molecule has 1 aliphatic heterocycles. The quantitative estimate of drug-likeness (QED) is 0.794. The number of Topliss-reactive ketones (excluding diaryl/α,β-unsaturated/α-hetero) is 2. The van der Waals surface area contributed by atoms with Gasteiger partial charge in [0.25, 0.3) is 0 Å². The Morgan fingerprint density at radius 1 is 0.857 bits per heavy atom. The molecular weight excluding hydrogens is 358 g/mol. The molecule has 1 aromatic carbocycles. The number of fused-ring (bicyclic) bond motifs is 1. The average molecular weight is 383 g/mol. The van der Waals surface area contributed by atoms with E-state index in [0.29, 0.717) is 35.7 Å². The molecule has 0 bridgehead atoms. The predicted octanol–water partition coefficient (Wildman–Crippen LogP) is 3.63. The molecule has 0 radical (unpaired) electrons. The van der Waals surface area contributed by atoms with E-state index in [9.17, 15) is 9.59 Å². The SMILES string of the molecule is COc1cc(C2C3=C(CCCC3=O)N=C3CCCC(=O)C32)cc(OC)c1OC. The van der Waals surface area contributed by atoms with Crippen molar-refractivity contribution in [3.63, 3.8) is 0 Å². The Kier molecular flexibility index (Phi) is 4.96. The Bertz CT molecular complexity index is 873. The number of carbonyl (C=O) groups excluding carboxylic acids is 2. The Balaban J connectivity index is 1.93. The molecule has 0 amide bonds. The van der Waals surface area contributed by atoms with E-state index in [0.717, 1.165) is 42.7 Å². The van der Waals surface area contributed by atoms with Crippen molar-refractivity contribution in [2.75, 3.05) is 21.3 Å². The number of rotatable bonds is 4. The van der Waals surface area contributed by atoms with Gasteiger partial charge >= 0.3 is 0 Å². The van der Waals surface area contributed by atoms with Crippen molar-refractivity contribution in [1.82, 2.24) is 0 Å². The molecule has 0 N–H and O–H groups in total. The van der Waals surface area contributed by atoms with Gasteiger partial charge in [0.05, 0.1) is 27.2 Å². The lowest BCUT2D eigenvalue weighted by atomic mass is 9.67. The number of methoxy groups -OCH3 is 3. The molecule has 6 heteroatoms. The smallest absolute Gasteiger partial charge is 0.203 e. The third-order valence-corrected chi connectivity index (χ3v) is 5.96. The number of hydrogen-bond acceptors (Lipinski definition) is 6. The van der Waals surface area contributed by atoms with Crippen LogP contribution >= 0.6 is 0 Å². The molecule has 1 aromatic rings. The van der Waals surface area contributed by atoms with Gasteiger partial charge in [-0.25, -0.2) is 0 Å². The Morgan fingerprint density at radius 2 is 1.54 bits per heavy atom. The van der Waals surface area contributed by atoms with Crippen LogP contribution in [0, 0.1) is 5.92 Å². The van der Waals surface area contributed by atoms with Gasteiger partial charge in [-0.1, -0.05) is 0 Å². The van der Waals surface area contributed by atoms with Crippen LogP contribution in [0.3, 0.4) is 0 Å². The number of benzene rings is 1. The molecule has 2 unspecified atom stereocenters. The molecule has 148 valence electrons. The van der Waals surface area contributed by atoms with Crippen LogP contribution in [0.15, 0.2) is 28.4 Å². The minimum atomic E-state index is -0.377. The summed E-state index contributed by atoms with van der Waals surface area (Å²) in [6.07, 6.45) is 4.27. The fourth-order valence-corrected chi connectivity index (χ4v) is 4.74. The Labute approximate surface area is 164 Å². The maximum absolute atomic E-state index is 12.9. The Hall–Kier alpha value is -2.63. The first-order valence-corrected chi connectivity index (χ1v) is 9.75. The summed E-state index contributed by atoms with van der Waals surface area (Å²) in [5.41, 5.74) is 3.31. The number of allylic oxidation sites excluding steroid dienone is 2. The summed E-state index contributed by atoms with van der Waals surface area (Å²) >= 11 is 0. The summed E-state index contributed by atoms with van der Waals surface area (Å²) in [4.78, 5) is 30.6. The van der Waals surface area contributed by atoms with Crippen LogP contribution in [-0.4, -0.2) is 38.6 Å². The van der Waals surface area contributed by atoms with Gasteiger partial charge in [0.1, 0.15) is 5.78 Å². The molecule has 3 aliphatic rings. The summed E-state index contributed by atoms with van der Waals surface area (Å²) in [5.74, 6) is 1.09. The zero-order valence-corrected chi connectivity index (χ0v) is 16.5. The molecule has 6 nitrogen and oxygen atoms in total. The molecule has 28 heavy (non-hydrogen) atoms. The van der Waals surface area contributed by atoms with Gasteiger partial charge in [-0.3, -0.25) is 14.6 Å². The number of nitrogens with zero attached hydrogens (tertiary/aromatic N) is 1. The summed E-state index contributed by atoms with van der Waals surface area (Å²) in [5, 5.41) is 0. The maximum atomic E-state index is 12.9. The molecule has 2 aliphatic carbocycles. The maximum Gasteiger partial charge on any atom is 0.203 e. The lowest BCUT2D eigenvalue weighted by Gasteiger charge is -2.38. The van der Waals surface area contributed by atoms with E-state index in [1.807, 2.05) is 12.1 Å². The van der Waals surface area contributed by atoms with Crippen LogP contribution in [0.4, 0.5) is 0 Å². The summed E-state index contributed by atoms with van der Waals surface area (Å²) in [6, 6.07) is 3.73. The number of carbonyl (C=O) groups is 2. The molecule has 2 atom stereocenters. The average Bonchev–Trinajstić information content (AvgIpc) is 2.71. The van der Waals surface area contributed by atoms with E-state index in [-0.39, 0.29) is 23.4 Å². The van der Waals surface area contributed by atoms with E-state index < -0.39 is 0 Å². The summed E-state index contributed by atoms with van der Waals surface area (Å²) < 4.78 is 16.5. The number of ether oxygens (including phenoxy) is 3. The fourth-order valence-electron chi connectivity index (χ4n) is 4.74. The largest absolute Gasteiger partial charge is 0.493 e. The van der Waals surface area contributed by atoms with Crippen molar-refractivity contribution in [3.05, 3.63) is 29.0 Å². The molecule has 1 fully saturated rings. The minimum absolute atomic E-state index is 0.0983. The van der Waals surface area contributed by atoms with Gasteiger partial charge in [-0.15, -0.1) is 0 Å². The van der Waals surface area contributed by atoms with E-state index in [1.54, 1.807) is 21.3 Å². The molecule has 0 spiro atoms. The third kappa shape index (κ3) is 2.91. The molecule has 1 saturated carbocycles. The van der Waals surface area contributed by atoms with Gasteiger partial charge in [-0.05, 0) is 43.4 Å². The van der Waals surface area contributed by atoms with Crippen molar-refractivity contribution in [3.8, 4) is 17.2 Å². The highest BCUT2D eigenvalue weighted by Gasteiger charge is 2.44. The van der Waals surface area contributed by atoms with Crippen molar-refractivity contribution in [2.24, 2.45) is 10.9 Å². The molecule has 1 heterocycles. The molecular formula is C22H25NO5. The molecule has 0 saturated heterocycles. The predicted molar refractivity (Wildman–Crippen MR) is 105 cm³/mol. The van der Waals surface area contributed by atoms with Crippen molar-refractivity contribution in [2.45, 2.75) is 44.4 Å². The highest BCUT2D eigenvalue weighted by atomic mass is 16.5. The summed E-state index contributed by atoms with van der Waals surface area (Å²) in [7, 11) is 4.69. The van der Waals surface area contributed by atoms with Crippen LogP contribution < -0.4 is 14.2 Å². The first-order chi connectivity index (χ1) is 13.6. The minimum Gasteiger partial charge on any atom is -0.493 e. The normalized spacial score (nSPS) is 24.3. The van der Waals surface area contributed by atoms with Crippen molar-refractivity contribution < 1.29 is 23.8 Å².